The van der Waals surface area contributed by atoms with Crippen LogP contribution in [0, 0.1) is 0 Å². The van der Waals surface area contributed by atoms with Crippen molar-refractivity contribution in [3.8, 4) is 0 Å². The maximum absolute atomic E-state index is 11.7. The van der Waals surface area contributed by atoms with Gasteiger partial charge in [-0.2, -0.15) is 0 Å². The van der Waals surface area contributed by atoms with E-state index < -0.39 is 6.10 Å². The van der Waals surface area contributed by atoms with Crippen LogP contribution < -0.4 is 0 Å². The van der Waals surface area contributed by atoms with Crippen molar-refractivity contribution < 1.29 is 9.90 Å². The van der Waals surface area contributed by atoms with Crippen LogP contribution in [0.1, 0.15) is 22.2 Å². The van der Waals surface area contributed by atoms with Crippen molar-refractivity contribution in [2.24, 2.45) is 0 Å². The summed E-state index contributed by atoms with van der Waals surface area (Å²) in [5.41, 5.74) is 2.48. The Morgan fingerprint density at radius 3 is 2.67 bits per heavy atom. The lowest BCUT2D eigenvalue weighted by Crippen LogP contribution is -2.12. The Kier molecular flexibility index (Phi) is 2.89. The predicted molar refractivity (Wildman–Crippen MR) is 57.8 cm³/mol. The molecule has 1 atom stereocenters. The van der Waals surface area contributed by atoms with E-state index in [1.54, 1.807) is 35.2 Å². The van der Waals surface area contributed by atoms with Crippen molar-refractivity contribution in [3.63, 3.8) is 0 Å². The molecule has 1 heterocycles. The molecular formula is C11H9NO2S. The summed E-state index contributed by atoms with van der Waals surface area (Å²) in [5.74, 6) is -0.359. The molecule has 0 saturated carbocycles. The van der Waals surface area contributed by atoms with Gasteiger partial charge in [-0.05, 0) is 5.56 Å². The number of carbonyl (C=O) groups is 1. The standard InChI is InChI=1S/C11H9NO2S/c13-10(8-4-2-1-3-5-8)11(14)9-6-15-7-12-9/h1-7,10,13H. The smallest absolute Gasteiger partial charge is 0.214 e. The van der Waals surface area contributed by atoms with Gasteiger partial charge in [-0.15, -0.1) is 11.3 Å². The second-order valence-electron chi connectivity index (χ2n) is 3.05. The molecule has 0 fully saturated rings. The molecular weight excluding hydrogens is 210 g/mol. The number of Topliss-reactive ketones (excluding diaryl/α,β-unsaturated/α-hetero) is 1. The number of carbonyl (C=O) groups excluding carboxylic acids is 1. The fourth-order valence-electron chi connectivity index (χ4n) is 1.26. The lowest BCUT2D eigenvalue weighted by Gasteiger charge is -2.07. The van der Waals surface area contributed by atoms with E-state index in [0.717, 1.165) is 0 Å². The van der Waals surface area contributed by atoms with E-state index in [1.807, 2.05) is 6.07 Å². The van der Waals surface area contributed by atoms with Crippen molar-refractivity contribution in [1.82, 2.24) is 4.98 Å². The molecule has 0 aliphatic carbocycles. The highest BCUT2D eigenvalue weighted by Crippen LogP contribution is 2.17. The average Bonchev–Trinajstić information content (AvgIpc) is 2.82. The van der Waals surface area contributed by atoms with Crippen molar-refractivity contribution in [1.29, 1.82) is 0 Å². The van der Waals surface area contributed by atoms with Crippen LogP contribution in [0.3, 0.4) is 0 Å². The molecule has 2 rings (SSSR count). The normalized spacial score (nSPS) is 12.3. The summed E-state index contributed by atoms with van der Waals surface area (Å²) in [6.45, 7) is 0. The molecule has 0 aliphatic rings. The van der Waals surface area contributed by atoms with Gasteiger partial charge in [-0.1, -0.05) is 30.3 Å². The second kappa shape index (κ2) is 4.33. The summed E-state index contributed by atoms with van der Waals surface area (Å²) in [6, 6.07) is 8.84. The third kappa shape index (κ3) is 2.11. The minimum absolute atomic E-state index is 0.316. The van der Waals surface area contributed by atoms with Gasteiger partial charge in [-0.3, -0.25) is 4.79 Å². The van der Waals surface area contributed by atoms with Gasteiger partial charge < -0.3 is 5.11 Å². The van der Waals surface area contributed by atoms with Gasteiger partial charge in [0.05, 0.1) is 5.51 Å². The minimum atomic E-state index is -1.12. The molecule has 1 aromatic carbocycles. The molecule has 0 saturated heterocycles. The fraction of sp³-hybridized carbons (Fsp3) is 0.0909. The van der Waals surface area contributed by atoms with Gasteiger partial charge >= 0.3 is 0 Å². The Hall–Kier alpha value is -1.52. The number of nitrogens with zero attached hydrogens (tertiary/aromatic N) is 1. The zero-order valence-electron chi connectivity index (χ0n) is 7.83. The Labute approximate surface area is 91.0 Å². The first-order valence-electron chi connectivity index (χ1n) is 4.44. The first-order valence-corrected chi connectivity index (χ1v) is 5.39. The average molecular weight is 219 g/mol. The summed E-state index contributed by atoms with van der Waals surface area (Å²) in [7, 11) is 0. The topological polar surface area (TPSA) is 50.2 Å². The molecule has 0 bridgehead atoms. The van der Waals surface area contributed by atoms with Crippen molar-refractivity contribution in [2.45, 2.75) is 6.10 Å². The molecule has 1 N–H and O–H groups in total. The van der Waals surface area contributed by atoms with Crippen LogP contribution >= 0.6 is 11.3 Å². The van der Waals surface area contributed by atoms with E-state index in [2.05, 4.69) is 4.98 Å². The molecule has 3 nitrogen and oxygen atoms in total. The van der Waals surface area contributed by atoms with E-state index in [0.29, 0.717) is 11.3 Å². The summed E-state index contributed by atoms with van der Waals surface area (Å²) < 4.78 is 0. The lowest BCUT2D eigenvalue weighted by atomic mass is 10.0. The number of thiazole rings is 1. The monoisotopic (exact) mass is 219 g/mol. The van der Waals surface area contributed by atoms with Crippen molar-refractivity contribution in [3.05, 3.63) is 52.5 Å². The van der Waals surface area contributed by atoms with Gasteiger partial charge in [0.25, 0.3) is 0 Å². The number of rotatable bonds is 3. The Morgan fingerprint density at radius 1 is 1.33 bits per heavy atom. The Bertz CT molecular complexity index is 439. The molecule has 15 heavy (non-hydrogen) atoms. The molecule has 0 aliphatic heterocycles. The zero-order chi connectivity index (χ0) is 10.7. The highest BCUT2D eigenvalue weighted by molar-refractivity contribution is 7.07. The number of aliphatic hydroxyl groups is 1. The third-order valence-corrected chi connectivity index (χ3v) is 2.63. The molecule has 4 heteroatoms. The third-order valence-electron chi connectivity index (χ3n) is 2.05. The van der Waals surface area contributed by atoms with Gasteiger partial charge in [0.1, 0.15) is 11.8 Å². The predicted octanol–water partition coefficient (Wildman–Crippen LogP) is 2.06. The minimum Gasteiger partial charge on any atom is -0.380 e. The second-order valence-corrected chi connectivity index (χ2v) is 3.77. The van der Waals surface area contributed by atoms with Gasteiger partial charge in [0.2, 0.25) is 5.78 Å². The van der Waals surface area contributed by atoms with Crippen LogP contribution in [0.2, 0.25) is 0 Å². The molecule has 76 valence electrons. The van der Waals surface area contributed by atoms with E-state index >= 15 is 0 Å². The largest absolute Gasteiger partial charge is 0.380 e. The number of hydrogen-bond acceptors (Lipinski definition) is 4. The van der Waals surface area contributed by atoms with Crippen LogP contribution in [-0.4, -0.2) is 15.9 Å². The maximum Gasteiger partial charge on any atom is 0.214 e. The van der Waals surface area contributed by atoms with E-state index in [9.17, 15) is 9.90 Å². The van der Waals surface area contributed by atoms with Gasteiger partial charge in [0.15, 0.2) is 0 Å². The highest BCUT2D eigenvalue weighted by atomic mass is 32.1. The molecule has 1 aromatic heterocycles. The molecule has 0 amide bonds. The summed E-state index contributed by atoms with van der Waals surface area (Å²) in [4.78, 5) is 15.6. The van der Waals surface area contributed by atoms with Crippen LogP contribution in [0.25, 0.3) is 0 Å². The van der Waals surface area contributed by atoms with E-state index in [-0.39, 0.29) is 5.78 Å². The van der Waals surface area contributed by atoms with Crippen LogP contribution in [0.15, 0.2) is 41.2 Å². The van der Waals surface area contributed by atoms with E-state index in [1.165, 1.54) is 11.3 Å². The molecule has 0 radical (unpaired) electrons. The highest BCUT2D eigenvalue weighted by Gasteiger charge is 2.20. The number of benzene rings is 1. The molecule has 0 spiro atoms. The zero-order valence-corrected chi connectivity index (χ0v) is 8.65. The van der Waals surface area contributed by atoms with E-state index in [4.69, 9.17) is 0 Å². The molecule has 2 aromatic rings. The van der Waals surface area contributed by atoms with Gasteiger partial charge in [-0.25, -0.2) is 4.98 Å². The first kappa shape index (κ1) is 10.0. The summed E-state index contributed by atoms with van der Waals surface area (Å²) in [5, 5.41) is 11.4. The number of ketones is 1. The maximum atomic E-state index is 11.7. The number of hydrogen-bond donors (Lipinski definition) is 1. The van der Waals surface area contributed by atoms with Gasteiger partial charge in [0, 0.05) is 5.38 Å². The van der Waals surface area contributed by atoms with Crippen molar-refractivity contribution >= 4 is 17.1 Å². The van der Waals surface area contributed by atoms with Crippen LogP contribution in [0.5, 0.6) is 0 Å². The number of aliphatic hydroxyl groups excluding tert-OH is 1. The first-order chi connectivity index (χ1) is 7.29. The van der Waals surface area contributed by atoms with Crippen LogP contribution in [0.4, 0.5) is 0 Å². The summed E-state index contributed by atoms with van der Waals surface area (Å²) >= 11 is 1.34. The summed E-state index contributed by atoms with van der Waals surface area (Å²) in [6.07, 6.45) is -1.12. The Balaban J connectivity index is 2.23. The SMILES string of the molecule is O=C(c1cscn1)C(O)c1ccccc1. The number of aromatic nitrogens is 1. The fourth-order valence-corrected chi connectivity index (χ4v) is 1.80. The van der Waals surface area contributed by atoms with Crippen LogP contribution in [-0.2, 0) is 0 Å². The lowest BCUT2D eigenvalue weighted by molar-refractivity contribution is 0.0743. The quantitative estimate of drug-likeness (QED) is 0.804. The van der Waals surface area contributed by atoms with Crippen molar-refractivity contribution in [2.75, 3.05) is 0 Å². The molecule has 1 unspecified atom stereocenters. The Morgan fingerprint density at radius 2 is 2.07 bits per heavy atom.